The average Bonchev–Trinajstić information content (AvgIpc) is 3.47. The Kier molecular flexibility index (Phi) is 4.51. The van der Waals surface area contributed by atoms with Crippen LogP contribution in [0, 0.1) is 6.92 Å². The lowest BCUT2D eigenvalue weighted by atomic mass is 10.0. The molecule has 8 heteroatoms. The first-order valence-corrected chi connectivity index (χ1v) is 11.6. The summed E-state index contributed by atoms with van der Waals surface area (Å²) in [5.74, 6) is 2.53. The van der Waals surface area contributed by atoms with Crippen molar-refractivity contribution in [2.75, 3.05) is 7.11 Å². The third kappa shape index (κ3) is 3.29. The number of methoxy groups -OCH3 is 1. The first-order valence-electron chi connectivity index (χ1n) is 10.8. The van der Waals surface area contributed by atoms with Crippen LogP contribution < -0.4 is 10.3 Å². The molecule has 2 aromatic carbocycles. The van der Waals surface area contributed by atoms with Gasteiger partial charge in [0.05, 0.1) is 29.4 Å². The van der Waals surface area contributed by atoms with Crippen LogP contribution in [0.4, 0.5) is 0 Å². The molecule has 33 heavy (non-hydrogen) atoms. The van der Waals surface area contributed by atoms with Crippen molar-refractivity contribution in [2.24, 2.45) is 0 Å². The third-order valence-electron chi connectivity index (χ3n) is 6.11. The zero-order valence-electron chi connectivity index (χ0n) is 18.2. The van der Waals surface area contributed by atoms with E-state index in [0.717, 1.165) is 35.4 Å². The number of ether oxygens (including phenoxy) is 1. The van der Waals surface area contributed by atoms with Crippen molar-refractivity contribution < 1.29 is 14.4 Å². The van der Waals surface area contributed by atoms with Gasteiger partial charge in [-0.1, -0.05) is 17.3 Å². The van der Waals surface area contributed by atoms with Crippen LogP contribution in [0.5, 0.6) is 11.5 Å². The lowest BCUT2D eigenvalue weighted by Crippen LogP contribution is -2.24. The quantitative estimate of drug-likeness (QED) is 0.388. The van der Waals surface area contributed by atoms with E-state index in [1.807, 2.05) is 37.3 Å². The number of aryl methyl sites for hydroxylation is 1. The molecule has 5 aromatic rings. The van der Waals surface area contributed by atoms with Crippen molar-refractivity contribution in [1.29, 1.82) is 0 Å². The number of thiophene rings is 1. The first kappa shape index (κ1) is 20.0. The molecule has 0 aliphatic heterocycles. The van der Waals surface area contributed by atoms with Crippen LogP contribution >= 0.6 is 11.3 Å². The van der Waals surface area contributed by atoms with E-state index in [0.29, 0.717) is 37.8 Å². The predicted octanol–water partition coefficient (Wildman–Crippen LogP) is 5.21. The van der Waals surface area contributed by atoms with E-state index in [-0.39, 0.29) is 17.9 Å². The summed E-state index contributed by atoms with van der Waals surface area (Å²) in [6.45, 7) is 2.06. The van der Waals surface area contributed by atoms with Gasteiger partial charge in [0.2, 0.25) is 0 Å². The Hall–Kier alpha value is -3.65. The van der Waals surface area contributed by atoms with Gasteiger partial charge in [0.1, 0.15) is 22.2 Å². The van der Waals surface area contributed by atoms with Crippen molar-refractivity contribution in [1.82, 2.24) is 14.7 Å². The van der Waals surface area contributed by atoms with Crippen molar-refractivity contribution >= 4 is 31.6 Å². The van der Waals surface area contributed by atoms with Gasteiger partial charge in [-0.2, -0.15) is 0 Å². The molecule has 0 radical (unpaired) electrons. The van der Waals surface area contributed by atoms with E-state index < -0.39 is 0 Å². The minimum absolute atomic E-state index is 0.150. The number of phenolic OH excluding ortho intramolecular Hbond substituents is 1. The number of hydrogen-bond donors (Lipinski definition) is 1. The summed E-state index contributed by atoms with van der Waals surface area (Å²) in [7, 11) is 1.65. The zero-order valence-corrected chi connectivity index (χ0v) is 19.0. The summed E-state index contributed by atoms with van der Waals surface area (Å²) in [5, 5.41) is 15.6. The summed E-state index contributed by atoms with van der Waals surface area (Å²) in [4.78, 5) is 19.5. The number of rotatable bonds is 5. The minimum atomic E-state index is -0.168. The number of benzene rings is 2. The fourth-order valence-corrected chi connectivity index (χ4v) is 5.44. The maximum Gasteiger partial charge on any atom is 0.263 e. The van der Waals surface area contributed by atoms with Gasteiger partial charge in [0.25, 0.3) is 5.56 Å². The smallest absolute Gasteiger partial charge is 0.263 e. The molecule has 6 rings (SSSR count). The second-order valence-corrected chi connectivity index (χ2v) is 9.42. The highest BCUT2D eigenvalue weighted by atomic mass is 32.1. The molecule has 0 bridgehead atoms. The third-order valence-corrected chi connectivity index (χ3v) is 7.23. The molecular weight excluding hydrogens is 438 g/mol. The monoisotopic (exact) mass is 459 g/mol. The van der Waals surface area contributed by atoms with E-state index in [2.05, 4.69) is 5.16 Å². The maximum absolute atomic E-state index is 13.9. The largest absolute Gasteiger partial charge is 0.506 e. The summed E-state index contributed by atoms with van der Waals surface area (Å²) >= 11 is 1.33. The van der Waals surface area contributed by atoms with Crippen LogP contribution in [0.3, 0.4) is 0 Å². The number of aromatic hydroxyl groups is 1. The van der Waals surface area contributed by atoms with Crippen molar-refractivity contribution in [3.8, 4) is 22.9 Å². The van der Waals surface area contributed by atoms with Crippen LogP contribution in [0.25, 0.3) is 31.7 Å². The number of nitrogens with zero attached hydrogens (tertiary/aromatic N) is 3. The van der Waals surface area contributed by atoms with E-state index in [1.54, 1.807) is 23.8 Å². The molecule has 1 aliphatic carbocycles. The lowest BCUT2D eigenvalue weighted by molar-refractivity contribution is 0.372. The molecule has 166 valence electrons. The van der Waals surface area contributed by atoms with Gasteiger partial charge in [-0.3, -0.25) is 9.36 Å². The molecule has 1 fully saturated rings. The Balaban J connectivity index is 1.67. The summed E-state index contributed by atoms with van der Waals surface area (Å²) in [6.07, 6.45) is 2.20. The fourth-order valence-electron chi connectivity index (χ4n) is 4.37. The first-order chi connectivity index (χ1) is 16.0. The topological polar surface area (TPSA) is 90.4 Å². The highest BCUT2D eigenvalue weighted by Crippen LogP contribution is 2.46. The summed E-state index contributed by atoms with van der Waals surface area (Å²) < 4.78 is 13.2. The van der Waals surface area contributed by atoms with Gasteiger partial charge in [-0.25, -0.2) is 4.98 Å². The Morgan fingerprint density at radius 1 is 1.24 bits per heavy atom. The Morgan fingerprint density at radius 2 is 2.09 bits per heavy atom. The SMILES string of the molecule is COc1ccc(-c2nc3sc4c(O)cccc4c3c(=O)n2Cc2cc(C)no2)c(C2CC2)c1. The maximum atomic E-state index is 13.9. The Morgan fingerprint density at radius 3 is 2.82 bits per heavy atom. The van der Waals surface area contributed by atoms with Gasteiger partial charge >= 0.3 is 0 Å². The van der Waals surface area contributed by atoms with Gasteiger partial charge in [0, 0.05) is 17.0 Å². The minimum Gasteiger partial charge on any atom is -0.506 e. The molecule has 1 N–H and O–H groups in total. The lowest BCUT2D eigenvalue weighted by Gasteiger charge is -2.15. The van der Waals surface area contributed by atoms with E-state index in [4.69, 9.17) is 14.2 Å². The Labute approximate surface area is 192 Å². The fraction of sp³-hybridized carbons (Fsp3) is 0.240. The standard InChI is InChI=1S/C25H21N3O4S/c1-13-10-16(32-27-13)12-28-23(17-9-8-15(31-2)11-19(17)14-6-7-14)26-24-21(25(28)30)18-4-3-5-20(29)22(18)33-24/h3-5,8-11,14,29H,6-7,12H2,1-2H3. The molecule has 1 aliphatic rings. The molecule has 0 atom stereocenters. The molecule has 0 amide bonds. The van der Waals surface area contributed by atoms with Crippen molar-refractivity contribution in [3.05, 3.63) is 69.8 Å². The van der Waals surface area contributed by atoms with E-state index >= 15 is 0 Å². The van der Waals surface area contributed by atoms with Gasteiger partial charge in [0.15, 0.2) is 5.76 Å². The normalized spacial score (nSPS) is 13.8. The van der Waals surface area contributed by atoms with Crippen LogP contribution in [0.1, 0.15) is 35.8 Å². The molecule has 0 spiro atoms. The summed E-state index contributed by atoms with van der Waals surface area (Å²) in [6, 6.07) is 13.0. The zero-order chi connectivity index (χ0) is 22.7. The van der Waals surface area contributed by atoms with Crippen LogP contribution in [-0.4, -0.2) is 26.9 Å². The van der Waals surface area contributed by atoms with Gasteiger partial charge < -0.3 is 14.4 Å². The highest BCUT2D eigenvalue weighted by Gasteiger charge is 2.29. The van der Waals surface area contributed by atoms with Crippen LogP contribution in [0.15, 0.2) is 51.8 Å². The molecule has 3 heterocycles. The Bertz CT molecular complexity index is 1590. The van der Waals surface area contributed by atoms with Gasteiger partial charge in [-0.05, 0) is 55.5 Å². The van der Waals surface area contributed by atoms with E-state index in [1.165, 1.54) is 11.3 Å². The molecule has 7 nitrogen and oxygen atoms in total. The van der Waals surface area contributed by atoms with Crippen molar-refractivity contribution in [2.45, 2.75) is 32.2 Å². The molecule has 3 aromatic heterocycles. The van der Waals surface area contributed by atoms with Crippen LogP contribution in [0.2, 0.25) is 0 Å². The number of phenols is 1. The van der Waals surface area contributed by atoms with Crippen LogP contribution in [-0.2, 0) is 6.54 Å². The molecule has 1 saturated carbocycles. The average molecular weight is 460 g/mol. The molecule has 0 unspecified atom stereocenters. The number of aromatic nitrogens is 3. The van der Waals surface area contributed by atoms with E-state index in [9.17, 15) is 9.90 Å². The summed E-state index contributed by atoms with van der Waals surface area (Å²) in [5.41, 5.74) is 2.63. The second-order valence-electron chi connectivity index (χ2n) is 8.42. The predicted molar refractivity (Wildman–Crippen MR) is 127 cm³/mol. The number of hydrogen-bond acceptors (Lipinski definition) is 7. The molecular formula is C25H21N3O4S. The van der Waals surface area contributed by atoms with Crippen molar-refractivity contribution in [3.63, 3.8) is 0 Å². The second kappa shape index (κ2) is 7.45. The molecule has 0 saturated heterocycles. The number of fused-ring (bicyclic) bond motifs is 3. The van der Waals surface area contributed by atoms with Gasteiger partial charge in [-0.15, -0.1) is 11.3 Å². The highest BCUT2D eigenvalue weighted by molar-refractivity contribution is 7.25.